The third-order valence-electron chi connectivity index (χ3n) is 3.91. The van der Waals surface area contributed by atoms with Crippen LogP contribution in [0.2, 0.25) is 0 Å². The number of hydrogen-bond acceptors (Lipinski definition) is 4. The maximum atomic E-state index is 12.5. The minimum absolute atomic E-state index is 0.0771. The topological polar surface area (TPSA) is 84.5 Å². The van der Waals surface area contributed by atoms with Crippen molar-refractivity contribution in [3.05, 3.63) is 53.6 Å². The molecule has 0 aliphatic carbocycles. The van der Waals surface area contributed by atoms with Gasteiger partial charge in [-0.25, -0.2) is 13.1 Å². The first kappa shape index (κ1) is 16.5. The van der Waals surface area contributed by atoms with Crippen LogP contribution in [0.5, 0.6) is 5.75 Å². The van der Waals surface area contributed by atoms with Crippen molar-refractivity contribution in [1.82, 2.24) is 4.72 Å². The Morgan fingerprint density at radius 1 is 1.21 bits per heavy atom. The monoisotopic (exact) mass is 346 g/mol. The Morgan fingerprint density at radius 2 is 1.96 bits per heavy atom. The van der Waals surface area contributed by atoms with Crippen LogP contribution in [0.15, 0.2) is 47.4 Å². The van der Waals surface area contributed by atoms with E-state index in [4.69, 9.17) is 4.74 Å². The second kappa shape index (κ2) is 6.26. The van der Waals surface area contributed by atoms with Gasteiger partial charge in [0.2, 0.25) is 10.0 Å². The first-order chi connectivity index (χ1) is 11.4. The first-order valence-corrected chi connectivity index (χ1v) is 9.01. The Morgan fingerprint density at radius 3 is 2.71 bits per heavy atom. The molecule has 126 valence electrons. The summed E-state index contributed by atoms with van der Waals surface area (Å²) in [5, 5.41) is 2.65. The standard InChI is InChI=1S/C17H18N2O4S/c1-11-5-3-4-6-13(11)10-18-24(21,22)14-7-8-16-15(9-14)19-17(20)12(2)23-16/h3-9,12,18H,10H2,1-2H3,(H,19,20). The van der Waals surface area contributed by atoms with Crippen LogP contribution in [0.1, 0.15) is 18.1 Å². The fourth-order valence-corrected chi connectivity index (χ4v) is 3.45. The second-order valence-electron chi connectivity index (χ2n) is 5.66. The predicted molar refractivity (Wildman–Crippen MR) is 90.4 cm³/mol. The third kappa shape index (κ3) is 3.27. The number of benzene rings is 2. The number of carbonyl (C=O) groups is 1. The molecule has 0 radical (unpaired) electrons. The number of rotatable bonds is 4. The molecular weight excluding hydrogens is 328 g/mol. The van der Waals surface area contributed by atoms with E-state index in [1.807, 2.05) is 31.2 Å². The summed E-state index contributed by atoms with van der Waals surface area (Å²) >= 11 is 0. The van der Waals surface area contributed by atoms with Crippen LogP contribution >= 0.6 is 0 Å². The van der Waals surface area contributed by atoms with Crippen LogP contribution in [-0.4, -0.2) is 20.4 Å². The fraction of sp³-hybridized carbons (Fsp3) is 0.235. The van der Waals surface area contributed by atoms with E-state index in [1.54, 1.807) is 13.0 Å². The quantitative estimate of drug-likeness (QED) is 0.889. The van der Waals surface area contributed by atoms with Gasteiger partial charge in [-0.3, -0.25) is 4.79 Å². The molecule has 1 aliphatic heterocycles. The SMILES string of the molecule is Cc1ccccc1CNS(=O)(=O)c1ccc2c(c1)NC(=O)C(C)O2. The van der Waals surface area contributed by atoms with Crippen molar-refractivity contribution in [2.45, 2.75) is 31.4 Å². The highest BCUT2D eigenvalue weighted by Crippen LogP contribution is 2.31. The summed E-state index contributed by atoms with van der Waals surface area (Å²) in [7, 11) is -3.70. The minimum atomic E-state index is -3.70. The first-order valence-electron chi connectivity index (χ1n) is 7.52. The maximum absolute atomic E-state index is 12.5. The molecular formula is C17H18N2O4S. The van der Waals surface area contributed by atoms with Crippen molar-refractivity contribution in [1.29, 1.82) is 0 Å². The summed E-state index contributed by atoms with van der Waals surface area (Å²) in [6.07, 6.45) is -0.598. The van der Waals surface area contributed by atoms with Gasteiger partial charge in [0.25, 0.3) is 5.91 Å². The molecule has 2 N–H and O–H groups in total. The molecule has 0 aromatic heterocycles. The van der Waals surface area contributed by atoms with E-state index in [1.165, 1.54) is 12.1 Å². The molecule has 24 heavy (non-hydrogen) atoms. The third-order valence-corrected chi connectivity index (χ3v) is 5.30. The molecule has 7 heteroatoms. The van der Waals surface area contributed by atoms with Gasteiger partial charge < -0.3 is 10.1 Å². The van der Waals surface area contributed by atoms with Crippen molar-refractivity contribution in [3.63, 3.8) is 0 Å². The molecule has 1 amide bonds. The summed E-state index contributed by atoms with van der Waals surface area (Å²) < 4.78 is 33.0. The molecule has 1 atom stereocenters. The van der Waals surface area contributed by atoms with E-state index < -0.39 is 16.1 Å². The van der Waals surface area contributed by atoms with Crippen LogP contribution in [0.3, 0.4) is 0 Å². The molecule has 6 nitrogen and oxygen atoms in total. The predicted octanol–water partition coefficient (Wildman–Crippen LogP) is 2.19. The number of carbonyl (C=O) groups excluding carboxylic acids is 1. The van der Waals surface area contributed by atoms with E-state index in [2.05, 4.69) is 10.0 Å². The number of fused-ring (bicyclic) bond motifs is 1. The molecule has 0 spiro atoms. The van der Waals surface area contributed by atoms with Gasteiger partial charge in [-0.1, -0.05) is 24.3 Å². The average Bonchev–Trinajstić information content (AvgIpc) is 2.55. The van der Waals surface area contributed by atoms with Crippen molar-refractivity contribution < 1.29 is 17.9 Å². The van der Waals surface area contributed by atoms with Gasteiger partial charge in [-0.2, -0.15) is 0 Å². The highest BCUT2D eigenvalue weighted by molar-refractivity contribution is 7.89. The summed E-state index contributed by atoms with van der Waals surface area (Å²) in [6.45, 7) is 3.76. The Labute approximate surface area is 140 Å². The highest BCUT2D eigenvalue weighted by Gasteiger charge is 2.25. The van der Waals surface area contributed by atoms with Gasteiger partial charge in [0.05, 0.1) is 10.6 Å². The lowest BCUT2D eigenvalue weighted by Crippen LogP contribution is -2.34. The highest BCUT2D eigenvalue weighted by atomic mass is 32.2. The van der Waals surface area contributed by atoms with Crippen LogP contribution in [-0.2, 0) is 21.4 Å². The van der Waals surface area contributed by atoms with Crippen LogP contribution in [0, 0.1) is 6.92 Å². The Hall–Kier alpha value is -2.38. The summed E-state index contributed by atoms with van der Waals surface area (Å²) in [6, 6.07) is 12.0. The number of hydrogen-bond donors (Lipinski definition) is 2. The normalized spacial score (nSPS) is 16.9. The Kier molecular flexibility index (Phi) is 4.29. The molecule has 0 bridgehead atoms. The van der Waals surface area contributed by atoms with Crippen LogP contribution in [0.25, 0.3) is 0 Å². The molecule has 2 aromatic rings. The molecule has 0 saturated carbocycles. The van der Waals surface area contributed by atoms with Gasteiger partial charge >= 0.3 is 0 Å². The van der Waals surface area contributed by atoms with Crippen molar-refractivity contribution in [2.75, 3.05) is 5.32 Å². The molecule has 1 aliphatic rings. The van der Waals surface area contributed by atoms with E-state index in [0.717, 1.165) is 11.1 Å². The number of sulfonamides is 1. The van der Waals surface area contributed by atoms with Crippen LogP contribution < -0.4 is 14.8 Å². The number of amides is 1. The lowest BCUT2D eigenvalue weighted by Gasteiger charge is -2.23. The van der Waals surface area contributed by atoms with Crippen molar-refractivity contribution in [3.8, 4) is 5.75 Å². The smallest absolute Gasteiger partial charge is 0.265 e. The Bertz CT molecular complexity index is 893. The fourth-order valence-electron chi connectivity index (χ4n) is 2.42. The van der Waals surface area contributed by atoms with Gasteiger partial charge in [-0.15, -0.1) is 0 Å². The number of aryl methyl sites for hydroxylation is 1. The molecule has 1 unspecified atom stereocenters. The summed E-state index contributed by atoms with van der Waals surface area (Å²) in [4.78, 5) is 11.7. The Balaban J connectivity index is 1.82. The molecule has 0 saturated heterocycles. The van der Waals surface area contributed by atoms with Crippen molar-refractivity contribution >= 4 is 21.6 Å². The van der Waals surface area contributed by atoms with Crippen LogP contribution in [0.4, 0.5) is 5.69 Å². The van der Waals surface area contributed by atoms with E-state index in [0.29, 0.717) is 11.4 Å². The number of ether oxygens (including phenoxy) is 1. The number of nitrogens with one attached hydrogen (secondary N) is 2. The molecule has 1 heterocycles. The van der Waals surface area contributed by atoms with Gasteiger partial charge in [0, 0.05) is 6.54 Å². The number of anilines is 1. The van der Waals surface area contributed by atoms with E-state index >= 15 is 0 Å². The van der Waals surface area contributed by atoms with E-state index in [9.17, 15) is 13.2 Å². The summed E-state index contributed by atoms with van der Waals surface area (Å²) in [5.41, 5.74) is 2.28. The molecule has 2 aromatic carbocycles. The van der Waals surface area contributed by atoms with Gasteiger partial charge in [0.15, 0.2) is 6.10 Å². The lowest BCUT2D eigenvalue weighted by molar-refractivity contribution is -0.122. The minimum Gasteiger partial charge on any atom is -0.479 e. The average molecular weight is 346 g/mol. The van der Waals surface area contributed by atoms with Crippen molar-refractivity contribution in [2.24, 2.45) is 0 Å². The van der Waals surface area contributed by atoms with Gasteiger partial charge in [0.1, 0.15) is 5.75 Å². The maximum Gasteiger partial charge on any atom is 0.265 e. The molecule has 0 fully saturated rings. The van der Waals surface area contributed by atoms with Gasteiger partial charge in [-0.05, 0) is 43.2 Å². The molecule has 3 rings (SSSR count). The second-order valence-corrected chi connectivity index (χ2v) is 7.43. The zero-order chi connectivity index (χ0) is 17.3. The lowest BCUT2D eigenvalue weighted by atomic mass is 10.1. The zero-order valence-electron chi connectivity index (χ0n) is 13.4. The largest absolute Gasteiger partial charge is 0.479 e. The zero-order valence-corrected chi connectivity index (χ0v) is 14.2. The summed E-state index contributed by atoms with van der Waals surface area (Å²) in [5.74, 6) is 0.157. The van der Waals surface area contributed by atoms with E-state index in [-0.39, 0.29) is 17.3 Å².